The van der Waals surface area contributed by atoms with Gasteiger partial charge >= 0.3 is 5.97 Å². The van der Waals surface area contributed by atoms with Crippen LogP contribution in [0.4, 0.5) is 0 Å². The zero-order chi connectivity index (χ0) is 67.4. The van der Waals surface area contributed by atoms with Crippen molar-refractivity contribution in [3.63, 3.8) is 0 Å². The molecule has 0 aliphatic heterocycles. The molecule has 0 aliphatic rings. The fourth-order valence-electron chi connectivity index (χ4n) is 7.96. The van der Waals surface area contributed by atoms with Gasteiger partial charge in [-0.05, 0) is 103 Å². The van der Waals surface area contributed by atoms with E-state index >= 15 is 0 Å². The lowest BCUT2D eigenvalue weighted by Crippen LogP contribution is -2.60. The highest BCUT2D eigenvalue weighted by molar-refractivity contribution is 5.98. The van der Waals surface area contributed by atoms with Crippen LogP contribution in [0.3, 0.4) is 0 Å². The molecule has 0 radical (unpaired) electrons. The number of carboxylic acid groups (broad SMARTS) is 1. The molecule has 7 amide bonds. The van der Waals surface area contributed by atoms with E-state index < -0.39 is 95.7 Å². The highest BCUT2D eigenvalue weighted by Crippen LogP contribution is 2.11. The van der Waals surface area contributed by atoms with Gasteiger partial charge < -0.3 is 140 Å². The largest absolute Gasteiger partial charge is 0.480 e. The van der Waals surface area contributed by atoms with Crippen LogP contribution in [0.5, 0.6) is 0 Å². The molecule has 0 aromatic carbocycles. The molecule has 0 saturated carbocycles. The quantitative estimate of drug-likeness (QED) is 0.0153. The van der Waals surface area contributed by atoms with Crippen molar-refractivity contribution in [3.8, 4) is 0 Å². The van der Waals surface area contributed by atoms with Gasteiger partial charge in [-0.3, -0.25) is 73.5 Å². The zero-order valence-electron chi connectivity index (χ0n) is 50.2. The summed E-state index contributed by atoms with van der Waals surface area (Å²) in [5.74, 6) is -9.62. The van der Waals surface area contributed by atoms with Gasteiger partial charge in [0.2, 0.25) is 41.4 Å². The highest BCUT2D eigenvalue weighted by Gasteiger charge is 2.34. The molecule has 0 spiro atoms. The number of nitrogens with one attached hydrogen (secondary N) is 7. The molecule has 0 heterocycles. The molecule has 0 fully saturated rings. The highest BCUT2D eigenvalue weighted by atomic mass is 16.4. The number of nitrogens with zero attached hydrogens (tertiary/aromatic N) is 8. The molecule has 0 bridgehead atoms. The van der Waals surface area contributed by atoms with E-state index in [9.17, 15) is 43.5 Å². The van der Waals surface area contributed by atoms with Gasteiger partial charge in [0, 0.05) is 52.4 Å². The Bertz CT molecular complexity index is 2470. The number of carboxylic acids is 1. The van der Waals surface area contributed by atoms with E-state index in [0.717, 1.165) is 0 Å². The number of nitrogens with two attached hydrogens (primary N) is 17. The number of rotatable bonds is 47. The van der Waals surface area contributed by atoms with E-state index in [1.807, 2.05) is 0 Å². The van der Waals surface area contributed by atoms with Crippen molar-refractivity contribution < 1.29 is 43.5 Å². The van der Waals surface area contributed by atoms with Gasteiger partial charge in [0.1, 0.15) is 42.3 Å². The molecule has 41 nitrogen and oxygen atoms in total. The number of carbonyl (C=O) groups is 8. The molecular weight excluding hydrogens is 1170 g/mol. The molecule has 8 atom stereocenters. The van der Waals surface area contributed by atoms with E-state index in [-0.39, 0.29) is 196 Å². The molecule has 504 valence electrons. The summed E-state index contributed by atoms with van der Waals surface area (Å²) in [6, 6.07) is -11.3. The number of aliphatic imine (C=N–C) groups is 8. The maximum atomic E-state index is 14.6. The van der Waals surface area contributed by atoms with Gasteiger partial charge in [-0.25, -0.2) is 4.79 Å². The van der Waals surface area contributed by atoms with Crippen LogP contribution in [0.15, 0.2) is 39.9 Å². The molecule has 89 heavy (non-hydrogen) atoms. The summed E-state index contributed by atoms with van der Waals surface area (Å²) in [6.45, 7) is 0.134. The summed E-state index contributed by atoms with van der Waals surface area (Å²) in [7, 11) is 0. The van der Waals surface area contributed by atoms with Crippen LogP contribution in [0.25, 0.3) is 0 Å². The van der Waals surface area contributed by atoms with Gasteiger partial charge in [0.25, 0.3) is 0 Å². The molecule has 0 aliphatic carbocycles. The second kappa shape index (κ2) is 45.2. The fraction of sp³-hybridized carbons (Fsp3) is 0.667. The third-order valence-electron chi connectivity index (χ3n) is 12.3. The molecule has 41 heteroatoms. The number of carbonyl (C=O) groups excluding carboxylic acids is 7. The van der Waals surface area contributed by atoms with Crippen LogP contribution in [-0.4, -0.2) is 201 Å². The van der Waals surface area contributed by atoms with Crippen molar-refractivity contribution >= 4 is 95.0 Å². The SMILES string of the molecule is NC(N)=NCCCC(N)C(=O)NC(CCCN=C(N)N)C(=O)NC(CCCN=C(N)N)C(=O)NC(CCCN=C(N)N)C(=O)NC(CCCN=C(N)N)C(=O)NC(CCCN=C(N)N)C(=O)NC(CCCN=C(N)N)C(=O)NC(CCCN=C(N)N)C(=O)O. The van der Waals surface area contributed by atoms with Gasteiger partial charge in [-0.2, -0.15) is 0 Å². The Balaban J connectivity index is 7.48. The summed E-state index contributed by atoms with van der Waals surface area (Å²) in [6.07, 6.45) is 0.0907. The van der Waals surface area contributed by atoms with Crippen LogP contribution < -0.4 is 135 Å². The van der Waals surface area contributed by atoms with E-state index in [1.54, 1.807) is 0 Å². The summed E-state index contributed by atoms with van der Waals surface area (Å²) in [4.78, 5) is 143. The summed E-state index contributed by atoms with van der Waals surface area (Å²) in [5, 5.41) is 28.2. The number of aliphatic carboxylic acids is 1. The molecule has 0 aromatic heterocycles. The minimum Gasteiger partial charge on any atom is -0.480 e. The monoisotopic (exact) mass is 1270 g/mol. The Morgan fingerprint density at radius 2 is 0.393 bits per heavy atom. The Hall–Kier alpha value is -10.1. The minimum atomic E-state index is -1.52. The van der Waals surface area contributed by atoms with Crippen LogP contribution in [0.1, 0.15) is 103 Å². The number of hydrogen-bond acceptors (Lipinski definition) is 17. The molecule has 42 N–H and O–H groups in total. The molecule has 0 aromatic rings. The van der Waals surface area contributed by atoms with E-state index in [1.165, 1.54) is 0 Å². The van der Waals surface area contributed by atoms with Gasteiger partial charge in [-0.1, -0.05) is 0 Å². The minimum absolute atomic E-state index is 0.00317. The number of hydrogen-bond donors (Lipinski definition) is 25. The maximum absolute atomic E-state index is 14.6. The van der Waals surface area contributed by atoms with Crippen molar-refractivity contribution in [1.82, 2.24) is 37.2 Å². The molecule has 8 unspecified atom stereocenters. The normalized spacial score (nSPS) is 13.3. The first-order valence-electron chi connectivity index (χ1n) is 28.5. The zero-order valence-corrected chi connectivity index (χ0v) is 50.2. The standard InChI is InChI=1S/C48H98N32O9/c49-25(9-1-17-66-41(50)51)33(81)74-26(10-2-18-67-42(52)53)34(82)75-27(11-3-19-68-43(54)55)35(83)76-28(12-4-20-69-44(56)57)36(84)77-29(13-5-21-70-45(58)59)37(85)78-30(14-6-22-71-46(60)61)38(86)79-31(15-7-23-72-47(62)63)39(87)80-32(40(88)89)16-8-24-73-48(64)65/h25-32H,1-24,49H2,(H,74,81)(H,75,82)(H,76,83)(H,77,84)(H,78,85)(H,79,86)(H,80,87)(H,88,89)(H4,50,51,66)(H4,52,53,67)(H4,54,55,68)(H4,56,57,69)(H4,58,59,70)(H4,60,61,71)(H4,62,63,72)(H4,64,65,73). The summed E-state index contributed by atoms with van der Waals surface area (Å²) in [5.41, 5.74) is 94.1. The number of amides is 7. The van der Waals surface area contributed by atoms with Crippen molar-refractivity contribution in [1.29, 1.82) is 0 Å². The topological polar surface area (TPSA) is 782 Å². The third kappa shape index (κ3) is 40.0. The average molecular weight is 1270 g/mol. The van der Waals surface area contributed by atoms with Gasteiger partial charge in [0.15, 0.2) is 47.7 Å². The van der Waals surface area contributed by atoms with Crippen LogP contribution in [-0.2, 0) is 38.4 Å². The third-order valence-corrected chi connectivity index (χ3v) is 12.3. The van der Waals surface area contributed by atoms with Crippen LogP contribution in [0, 0.1) is 0 Å². The lowest BCUT2D eigenvalue weighted by molar-refractivity contribution is -0.142. The average Bonchev–Trinajstić information content (AvgIpc) is 3.35. The van der Waals surface area contributed by atoms with Crippen LogP contribution in [0.2, 0.25) is 0 Å². The molecule has 0 saturated heterocycles. The van der Waals surface area contributed by atoms with Gasteiger partial charge in [0.05, 0.1) is 6.04 Å². The fourth-order valence-corrected chi connectivity index (χ4v) is 7.96. The summed E-state index contributed by atoms with van der Waals surface area (Å²) < 4.78 is 0. The first kappa shape index (κ1) is 78.9. The maximum Gasteiger partial charge on any atom is 0.326 e. The first-order valence-corrected chi connectivity index (χ1v) is 28.5. The van der Waals surface area contributed by atoms with E-state index in [2.05, 4.69) is 77.2 Å². The van der Waals surface area contributed by atoms with E-state index in [0.29, 0.717) is 6.42 Å². The Kier molecular flexibility index (Phi) is 40.1. The Morgan fingerprint density at radius 1 is 0.247 bits per heavy atom. The smallest absolute Gasteiger partial charge is 0.326 e. The number of guanidine groups is 8. The van der Waals surface area contributed by atoms with Crippen LogP contribution >= 0.6 is 0 Å². The lowest BCUT2D eigenvalue weighted by Gasteiger charge is -2.28. The predicted octanol–water partition coefficient (Wildman–Crippen LogP) is -11.8. The Morgan fingerprint density at radius 3 is 0.562 bits per heavy atom. The van der Waals surface area contributed by atoms with Crippen molar-refractivity contribution in [2.45, 2.75) is 151 Å². The molecular formula is C48H98N32O9. The predicted molar refractivity (Wildman–Crippen MR) is 338 cm³/mol. The second-order valence-corrected chi connectivity index (χ2v) is 20.0. The first-order chi connectivity index (χ1) is 41.9. The Labute approximate surface area is 515 Å². The van der Waals surface area contributed by atoms with Crippen molar-refractivity contribution in [3.05, 3.63) is 0 Å². The van der Waals surface area contributed by atoms with E-state index in [4.69, 9.17) is 97.5 Å². The second-order valence-electron chi connectivity index (χ2n) is 20.0. The van der Waals surface area contributed by atoms with Gasteiger partial charge in [-0.15, -0.1) is 0 Å². The van der Waals surface area contributed by atoms with Crippen molar-refractivity contribution in [2.75, 3.05) is 52.4 Å². The van der Waals surface area contributed by atoms with Crippen molar-refractivity contribution in [2.24, 2.45) is 137 Å². The molecule has 0 rings (SSSR count). The summed E-state index contributed by atoms with van der Waals surface area (Å²) >= 11 is 0. The lowest BCUT2D eigenvalue weighted by atomic mass is 10.0.